The highest BCUT2D eigenvalue weighted by atomic mass is 35.5. The number of fused-ring (bicyclic) bond motifs is 1. The molecule has 7 nitrogen and oxygen atoms in total. The molecular formula is C26H30ClFN2O5. The molecule has 2 fully saturated rings. The number of benzene rings is 2. The molecule has 0 bridgehead atoms. The van der Waals surface area contributed by atoms with Crippen molar-refractivity contribution >= 4 is 17.5 Å². The van der Waals surface area contributed by atoms with Gasteiger partial charge in [0.1, 0.15) is 35.6 Å². The van der Waals surface area contributed by atoms with Crippen LogP contribution in [0, 0.1) is 5.82 Å². The molecule has 0 saturated carbocycles. The number of amides is 1. The van der Waals surface area contributed by atoms with Crippen LogP contribution < -0.4 is 9.47 Å². The zero-order valence-corrected chi connectivity index (χ0v) is 20.2. The molecule has 35 heavy (non-hydrogen) atoms. The molecule has 0 aromatic heterocycles. The van der Waals surface area contributed by atoms with E-state index >= 15 is 0 Å². The number of hydrogen-bond acceptors (Lipinski definition) is 6. The molecule has 0 aliphatic carbocycles. The Hall–Kier alpha value is -2.39. The number of carbonyl (C=O) groups is 1. The first-order valence-corrected chi connectivity index (χ1v) is 12.5. The van der Waals surface area contributed by atoms with E-state index in [4.69, 9.17) is 21.1 Å². The average Bonchev–Trinajstić information content (AvgIpc) is 3.42. The monoisotopic (exact) mass is 504 g/mol. The number of ether oxygens (including phenoxy) is 2. The van der Waals surface area contributed by atoms with Crippen LogP contribution in [0.2, 0.25) is 5.02 Å². The summed E-state index contributed by atoms with van der Waals surface area (Å²) in [5.41, 5.74) is 1.04. The molecule has 2 aromatic carbocycles. The summed E-state index contributed by atoms with van der Waals surface area (Å²) in [6, 6.07) is 9.53. The summed E-state index contributed by atoms with van der Waals surface area (Å²) in [5, 5.41) is 21.0. The van der Waals surface area contributed by atoms with Crippen molar-refractivity contribution in [2.45, 2.75) is 43.5 Å². The van der Waals surface area contributed by atoms with Crippen molar-refractivity contribution in [2.75, 3.05) is 39.3 Å². The fourth-order valence-electron chi connectivity index (χ4n) is 5.25. The minimum absolute atomic E-state index is 0.0172. The van der Waals surface area contributed by atoms with Gasteiger partial charge in [-0.15, -0.1) is 0 Å². The predicted molar refractivity (Wildman–Crippen MR) is 129 cm³/mol. The highest BCUT2D eigenvalue weighted by molar-refractivity contribution is 6.30. The minimum Gasteiger partial charge on any atom is -0.490 e. The Bertz CT molecular complexity index is 1090. The Morgan fingerprint density at radius 2 is 2.03 bits per heavy atom. The van der Waals surface area contributed by atoms with Crippen LogP contribution in [-0.2, 0) is 6.42 Å². The third kappa shape index (κ3) is 5.40. The van der Waals surface area contributed by atoms with Crippen molar-refractivity contribution < 1.29 is 28.9 Å². The molecular weight excluding hydrogens is 475 g/mol. The molecule has 2 atom stereocenters. The lowest BCUT2D eigenvalue weighted by Gasteiger charge is -2.39. The van der Waals surface area contributed by atoms with Gasteiger partial charge < -0.3 is 29.5 Å². The second kappa shape index (κ2) is 9.93. The van der Waals surface area contributed by atoms with Crippen molar-refractivity contribution in [3.05, 3.63) is 58.4 Å². The van der Waals surface area contributed by atoms with Crippen LogP contribution in [0.25, 0.3) is 0 Å². The van der Waals surface area contributed by atoms with Crippen LogP contribution in [0.1, 0.15) is 35.2 Å². The molecule has 1 spiro atoms. The van der Waals surface area contributed by atoms with Crippen LogP contribution in [0.4, 0.5) is 4.39 Å². The Morgan fingerprint density at radius 1 is 1.23 bits per heavy atom. The summed E-state index contributed by atoms with van der Waals surface area (Å²) in [7, 11) is 0. The summed E-state index contributed by atoms with van der Waals surface area (Å²) in [5.74, 6) is 0.210. The lowest BCUT2D eigenvalue weighted by molar-refractivity contribution is -0.00202. The molecule has 3 aliphatic rings. The third-order valence-electron chi connectivity index (χ3n) is 7.15. The molecule has 2 saturated heterocycles. The summed E-state index contributed by atoms with van der Waals surface area (Å²) in [4.78, 5) is 16.5. The van der Waals surface area contributed by atoms with E-state index in [1.54, 1.807) is 0 Å². The summed E-state index contributed by atoms with van der Waals surface area (Å²) in [6.07, 6.45) is 1.71. The maximum atomic E-state index is 13.9. The van der Waals surface area contributed by atoms with E-state index in [0.717, 1.165) is 49.7 Å². The Kier molecular flexibility index (Phi) is 6.90. The second-order valence-electron chi connectivity index (χ2n) is 9.81. The first-order chi connectivity index (χ1) is 16.8. The van der Waals surface area contributed by atoms with Gasteiger partial charge >= 0.3 is 0 Å². The number of nitrogens with zero attached hydrogens (tertiary/aromatic N) is 2. The third-order valence-corrected chi connectivity index (χ3v) is 7.39. The van der Waals surface area contributed by atoms with Crippen molar-refractivity contribution in [3.8, 4) is 11.5 Å². The van der Waals surface area contributed by atoms with Crippen LogP contribution >= 0.6 is 11.6 Å². The Labute approximate surface area is 209 Å². The zero-order valence-electron chi connectivity index (χ0n) is 19.5. The van der Waals surface area contributed by atoms with E-state index in [2.05, 4.69) is 4.90 Å². The highest BCUT2D eigenvalue weighted by Crippen LogP contribution is 2.42. The van der Waals surface area contributed by atoms with Crippen molar-refractivity contribution in [2.24, 2.45) is 0 Å². The number of aliphatic hydroxyl groups is 2. The Balaban J connectivity index is 1.13. The standard InChI is InChI=1S/C26H30ClFN2O5/c27-18-1-3-23-17(11-18)13-26(35-23)6-9-29(10-7-26)14-21(32)16-34-24-4-2-19(28)12-22(24)25(33)30-8-5-20(31)15-30/h1-4,11-12,20-21,31-32H,5-10,13-16H2/t20-,21-/m0/s1. The quantitative estimate of drug-likeness (QED) is 0.629. The normalized spacial score (nSPS) is 22.2. The number of piperidine rings is 1. The van der Waals surface area contributed by atoms with Crippen LogP contribution in [0.15, 0.2) is 36.4 Å². The van der Waals surface area contributed by atoms with Crippen LogP contribution in [0.3, 0.4) is 0 Å². The van der Waals surface area contributed by atoms with Gasteiger partial charge in [-0.05, 0) is 48.4 Å². The van der Waals surface area contributed by atoms with E-state index < -0.39 is 18.0 Å². The number of halogens is 2. The van der Waals surface area contributed by atoms with Gasteiger partial charge in [-0.2, -0.15) is 0 Å². The molecule has 2 aromatic rings. The highest BCUT2D eigenvalue weighted by Gasteiger charge is 2.42. The largest absolute Gasteiger partial charge is 0.490 e. The van der Waals surface area contributed by atoms with E-state index in [9.17, 15) is 19.4 Å². The molecule has 188 valence electrons. The van der Waals surface area contributed by atoms with E-state index in [1.165, 1.54) is 17.0 Å². The van der Waals surface area contributed by atoms with Crippen molar-refractivity contribution in [1.29, 1.82) is 0 Å². The number of carbonyl (C=O) groups excluding carboxylic acids is 1. The van der Waals surface area contributed by atoms with E-state index in [0.29, 0.717) is 24.5 Å². The van der Waals surface area contributed by atoms with E-state index in [1.807, 2.05) is 18.2 Å². The summed E-state index contributed by atoms with van der Waals surface area (Å²) in [6.45, 7) is 2.62. The summed E-state index contributed by atoms with van der Waals surface area (Å²) >= 11 is 6.13. The number of β-amino-alcohol motifs (C(OH)–C–C–N with tert-alkyl or cyclic N) is 2. The molecule has 1 amide bonds. The first kappa shape index (κ1) is 24.3. The number of rotatable bonds is 6. The van der Waals surface area contributed by atoms with Gasteiger partial charge in [-0.3, -0.25) is 4.79 Å². The first-order valence-electron chi connectivity index (χ1n) is 12.1. The number of hydrogen-bond donors (Lipinski definition) is 2. The molecule has 5 rings (SSSR count). The molecule has 0 unspecified atom stereocenters. The minimum atomic E-state index is -0.772. The van der Waals surface area contributed by atoms with Gasteiger partial charge in [0.15, 0.2) is 0 Å². The molecule has 9 heteroatoms. The topological polar surface area (TPSA) is 82.5 Å². The van der Waals surface area contributed by atoms with Gasteiger partial charge in [0.05, 0.1) is 11.7 Å². The second-order valence-corrected chi connectivity index (χ2v) is 10.2. The smallest absolute Gasteiger partial charge is 0.257 e. The van der Waals surface area contributed by atoms with Gasteiger partial charge in [0.25, 0.3) is 5.91 Å². The van der Waals surface area contributed by atoms with Gasteiger partial charge in [0.2, 0.25) is 0 Å². The van der Waals surface area contributed by atoms with Gasteiger partial charge in [-0.1, -0.05) is 11.6 Å². The SMILES string of the molecule is O=C(c1cc(F)ccc1OC[C@@H](O)CN1CCC2(CC1)Cc1cc(Cl)ccc1O2)N1CC[C@H](O)C1. The van der Waals surface area contributed by atoms with Crippen LogP contribution in [-0.4, -0.2) is 83.1 Å². The molecule has 3 aliphatic heterocycles. The predicted octanol–water partition coefficient (Wildman–Crippen LogP) is 2.90. The number of aliphatic hydroxyl groups excluding tert-OH is 2. The lowest BCUT2D eigenvalue weighted by Crippen LogP contribution is -2.49. The fourth-order valence-corrected chi connectivity index (χ4v) is 5.45. The van der Waals surface area contributed by atoms with E-state index in [-0.39, 0.29) is 36.0 Å². The van der Waals surface area contributed by atoms with Gasteiger partial charge in [-0.25, -0.2) is 4.39 Å². The molecule has 0 radical (unpaired) electrons. The average molecular weight is 505 g/mol. The Morgan fingerprint density at radius 3 is 2.77 bits per heavy atom. The molecule has 3 heterocycles. The lowest BCUT2D eigenvalue weighted by atomic mass is 9.87. The van der Waals surface area contributed by atoms with Crippen molar-refractivity contribution in [3.63, 3.8) is 0 Å². The van der Waals surface area contributed by atoms with Gasteiger partial charge in [0, 0.05) is 57.0 Å². The van der Waals surface area contributed by atoms with Crippen LogP contribution in [0.5, 0.6) is 11.5 Å². The maximum absolute atomic E-state index is 13.9. The zero-order chi connectivity index (χ0) is 24.6. The molecule has 2 N–H and O–H groups in total. The number of likely N-dealkylation sites (tertiary alicyclic amines) is 2. The maximum Gasteiger partial charge on any atom is 0.257 e. The fraction of sp³-hybridized carbons (Fsp3) is 0.500. The van der Waals surface area contributed by atoms with Crippen molar-refractivity contribution in [1.82, 2.24) is 9.80 Å². The summed E-state index contributed by atoms with van der Waals surface area (Å²) < 4.78 is 25.9.